The number of aromatic nitrogens is 2. The predicted molar refractivity (Wildman–Crippen MR) is 168 cm³/mol. The number of carbonyl (C=O) groups excluding carboxylic acids is 1. The summed E-state index contributed by atoms with van der Waals surface area (Å²) in [5.41, 5.74) is -3.76. The minimum atomic E-state index is -4.87. The zero-order valence-electron chi connectivity index (χ0n) is 26.5. The fraction of sp³-hybridized carbons (Fsp3) is 0.353. The summed E-state index contributed by atoms with van der Waals surface area (Å²) in [6.45, 7) is 6.27. The van der Waals surface area contributed by atoms with Gasteiger partial charge in [-0.15, -0.1) is 0 Å². The fourth-order valence-electron chi connectivity index (χ4n) is 5.89. The van der Waals surface area contributed by atoms with Crippen LogP contribution < -0.4 is 15.8 Å². The number of aryl methyl sites for hydroxylation is 1. The summed E-state index contributed by atoms with van der Waals surface area (Å²) in [5.74, 6) is -5.20. The second-order valence-electron chi connectivity index (χ2n) is 12.0. The molecule has 1 aliphatic rings. The summed E-state index contributed by atoms with van der Waals surface area (Å²) >= 11 is 0. The van der Waals surface area contributed by atoms with Crippen LogP contribution in [0.4, 0.5) is 27.6 Å². The van der Waals surface area contributed by atoms with Crippen molar-refractivity contribution in [2.24, 2.45) is 7.05 Å². The summed E-state index contributed by atoms with van der Waals surface area (Å²) in [5, 5.41) is 12.4. The van der Waals surface area contributed by atoms with E-state index >= 15 is 8.78 Å². The number of morpholine rings is 1. The molecule has 0 unspecified atom stereocenters. The van der Waals surface area contributed by atoms with Gasteiger partial charge in [-0.05, 0) is 50.1 Å². The summed E-state index contributed by atoms with van der Waals surface area (Å²) in [6, 6.07) is 6.72. The number of anilines is 1. The second-order valence-corrected chi connectivity index (χ2v) is 12.0. The number of carbonyl (C=O) groups is 2. The van der Waals surface area contributed by atoms with E-state index in [4.69, 9.17) is 4.74 Å². The van der Waals surface area contributed by atoms with Gasteiger partial charge in [0, 0.05) is 55.1 Å². The number of hydrogen-bond acceptors (Lipinski definition) is 6. The molecule has 254 valence electrons. The molecule has 2 atom stereocenters. The molecule has 1 fully saturated rings. The quantitative estimate of drug-likeness (QED) is 0.233. The van der Waals surface area contributed by atoms with E-state index < -0.39 is 70.0 Å². The second kappa shape index (κ2) is 13.0. The Balaban J connectivity index is 1.47. The first kappa shape index (κ1) is 34.5. The van der Waals surface area contributed by atoms with Gasteiger partial charge in [-0.3, -0.25) is 14.6 Å². The van der Waals surface area contributed by atoms with E-state index in [1.165, 1.54) is 44.4 Å². The minimum Gasteiger partial charge on any atom is -0.480 e. The Kier molecular flexibility index (Phi) is 9.33. The molecule has 0 spiro atoms. The van der Waals surface area contributed by atoms with Gasteiger partial charge in [0.05, 0.1) is 28.9 Å². The number of carboxylic acid groups (broad SMARTS) is 1. The summed E-state index contributed by atoms with van der Waals surface area (Å²) in [4.78, 5) is 44.5. The summed E-state index contributed by atoms with van der Waals surface area (Å²) in [7, 11) is 1.34. The van der Waals surface area contributed by atoms with Gasteiger partial charge in [-0.25, -0.2) is 13.6 Å². The first-order valence-corrected chi connectivity index (χ1v) is 15.1. The number of fused-ring (bicyclic) bond motifs is 1. The van der Waals surface area contributed by atoms with Crippen molar-refractivity contribution in [1.82, 2.24) is 14.9 Å². The maximum absolute atomic E-state index is 15.3. The zero-order valence-corrected chi connectivity index (χ0v) is 26.5. The van der Waals surface area contributed by atoms with Crippen molar-refractivity contribution in [3.05, 3.63) is 93.0 Å². The van der Waals surface area contributed by atoms with Crippen molar-refractivity contribution in [1.29, 1.82) is 0 Å². The van der Waals surface area contributed by atoms with Crippen LogP contribution in [0, 0.1) is 18.6 Å². The molecule has 48 heavy (non-hydrogen) atoms. The zero-order chi connectivity index (χ0) is 35.1. The third-order valence-corrected chi connectivity index (χ3v) is 8.84. The standard InChI is InChI=1S/C34H33F5N4O5/c1-5-33(3)17-43(11-12-48-33)20-15-24(35)28(25(36)16-20)30(44)41-26(32(46)47)14-19-8-9-22(29-21(19)7-6-10-40-29)27-23(34(37,38)39)13-18(2)42(4)31(27)45/h6-10,13,15-16,26H,5,11-12,14,17H2,1-4H3,(H,41,44)(H,46,47)/t26-,33-/m0/s1. The number of pyridine rings is 2. The number of ether oxygens (including phenoxy) is 1. The number of nitrogens with one attached hydrogen (secondary N) is 1. The van der Waals surface area contributed by atoms with E-state index in [2.05, 4.69) is 10.3 Å². The highest BCUT2D eigenvalue weighted by atomic mass is 19.4. The summed E-state index contributed by atoms with van der Waals surface area (Å²) < 4.78 is 79.7. The van der Waals surface area contributed by atoms with Crippen molar-refractivity contribution in [2.75, 3.05) is 24.6 Å². The third-order valence-electron chi connectivity index (χ3n) is 8.84. The van der Waals surface area contributed by atoms with Crippen LogP contribution in [-0.4, -0.2) is 57.9 Å². The number of amides is 1. The van der Waals surface area contributed by atoms with Crippen molar-refractivity contribution in [3.63, 3.8) is 0 Å². The van der Waals surface area contributed by atoms with Crippen LogP contribution in [0.2, 0.25) is 0 Å². The lowest BCUT2D eigenvalue weighted by molar-refractivity contribution is -0.139. The van der Waals surface area contributed by atoms with Gasteiger partial charge in [-0.1, -0.05) is 25.1 Å². The van der Waals surface area contributed by atoms with Gasteiger partial charge in [0.25, 0.3) is 11.5 Å². The number of alkyl halides is 3. The minimum absolute atomic E-state index is 0.00752. The van der Waals surface area contributed by atoms with Crippen molar-refractivity contribution in [3.8, 4) is 11.1 Å². The van der Waals surface area contributed by atoms with Crippen LogP contribution in [0.15, 0.2) is 53.5 Å². The first-order valence-electron chi connectivity index (χ1n) is 15.1. The number of nitrogens with zero attached hydrogens (tertiary/aromatic N) is 3. The van der Waals surface area contributed by atoms with Crippen LogP contribution in [0.25, 0.3) is 22.0 Å². The smallest absolute Gasteiger partial charge is 0.417 e. The molecule has 2 aromatic carbocycles. The van der Waals surface area contributed by atoms with Crippen molar-refractivity contribution in [2.45, 2.75) is 51.4 Å². The van der Waals surface area contributed by atoms with E-state index in [1.807, 2.05) is 13.8 Å². The average molecular weight is 673 g/mol. The van der Waals surface area contributed by atoms with Gasteiger partial charge in [0.2, 0.25) is 0 Å². The van der Waals surface area contributed by atoms with E-state index in [-0.39, 0.29) is 33.4 Å². The van der Waals surface area contributed by atoms with Crippen LogP contribution >= 0.6 is 0 Å². The average Bonchev–Trinajstić information content (AvgIpc) is 3.02. The molecule has 2 aromatic heterocycles. The number of benzene rings is 2. The Morgan fingerprint density at radius 3 is 2.46 bits per heavy atom. The predicted octanol–water partition coefficient (Wildman–Crippen LogP) is 5.64. The van der Waals surface area contributed by atoms with Crippen LogP contribution in [-0.2, 0) is 29.2 Å². The number of carboxylic acids is 1. The molecule has 0 saturated carbocycles. The lowest BCUT2D eigenvalue weighted by atomic mass is 9.93. The van der Waals surface area contributed by atoms with Crippen molar-refractivity contribution < 1.29 is 41.4 Å². The molecule has 0 aliphatic carbocycles. The van der Waals surface area contributed by atoms with Gasteiger partial charge in [0.1, 0.15) is 23.2 Å². The normalized spacial score (nSPS) is 17.4. The van der Waals surface area contributed by atoms with Gasteiger partial charge in [-0.2, -0.15) is 13.2 Å². The van der Waals surface area contributed by atoms with Gasteiger partial charge < -0.3 is 24.6 Å². The molecule has 14 heteroatoms. The van der Waals surface area contributed by atoms with E-state index in [0.717, 1.165) is 22.8 Å². The van der Waals surface area contributed by atoms with E-state index in [0.29, 0.717) is 26.1 Å². The monoisotopic (exact) mass is 672 g/mol. The molecule has 0 radical (unpaired) electrons. The van der Waals surface area contributed by atoms with Gasteiger partial charge in [0.15, 0.2) is 0 Å². The maximum atomic E-state index is 15.3. The molecule has 5 rings (SSSR count). The molecule has 9 nitrogen and oxygen atoms in total. The number of aliphatic carboxylic acids is 1. The molecule has 1 saturated heterocycles. The highest BCUT2D eigenvalue weighted by Gasteiger charge is 2.37. The maximum Gasteiger partial charge on any atom is 0.417 e. The molecule has 4 aromatic rings. The Morgan fingerprint density at radius 1 is 1.15 bits per heavy atom. The van der Waals surface area contributed by atoms with Crippen LogP contribution in [0.1, 0.15) is 47.4 Å². The molecular formula is C34H33F5N4O5. The molecule has 3 heterocycles. The van der Waals surface area contributed by atoms with E-state index in [1.54, 1.807) is 4.90 Å². The molecule has 2 N–H and O–H groups in total. The Bertz CT molecular complexity index is 1960. The first-order chi connectivity index (χ1) is 22.5. The molecular weight excluding hydrogens is 639 g/mol. The molecule has 1 amide bonds. The largest absolute Gasteiger partial charge is 0.480 e. The highest BCUT2D eigenvalue weighted by Crippen LogP contribution is 2.38. The topological polar surface area (TPSA) is 114 Å². The van der Waals surface area contributed by atoms with Crippen molar-refractivity contribution >= 4 is 28.5 Å². The molecule has 1 aliphatic heterocycles. The lowest BCUT2D eigenvalue weighted by Gasteiger charge is -2.41. The third kappa shape index (κ3) is 6.61. The van der Waals surface area contributed by atoms with Gasteiger partial charge >= 0.3 is 12.1 Å². The SMILES string of the molecule is CC[C@@]1(C)CN(c2cc(F)c(C(=O)N[C@@H](Cc3ccc(-c4c(C(F)(F)F)cc(C)n(C)c4=O)c4ncccc34)C(=O)O)c(F)c2)CCO1. The Morgan fingerprint density at radius 2 is 1.83 bits per heavy atom. The Labute approximate surface area is 272 Å². The fourth-order valence-corrected chi connectivity index (χ4v) is 5.89. The van der Waals surface area contributed by atoms with Crippen LogP contribution in [0.3, 0.4) is 0 Å². The van der Waals surface area contributed by atoms with Crippen LogP contribution in [0.5, 0.6) is 0 Å². The van der Waals surface area contributed by atoms with E-state index in [9.17, 15) is 32.7 Å². The summed E-state index contributed by atoms with van der Waals surface area (Å²) in [6.07, 6.45) is -3.31. The molecule has 0 bridgehead atoms. The Hall–Kier alpha value is -4.85. The highest BCUT2D eigenvalue weighted by molar-refractivity contribution is 5.99. The number of halogens is 5. The number of hydrogen-bond donors (Lipinski definition) is 2. The lowest BCUT2D eigenvalue weighted by Crippen LogP contribution is -2.50. The number of rotatable bonds is 8.